The van der Waals surface area contributed by atoms with E-state index >= 15 is 0 Å². The number of fused-ring (bicyclic) bond motifs is 1. The maximum absolute atomic E-state index is 12.9. The first kappa shape index (κ1) is 15.4. The number of carboxylic acids is 1. The van der Waals surface area contributed by atoms with Crippen LogP contribution >= 0.6 is 11.8 Å². The second kappa shape index (κ2) is 5.96. The number of aromatic carboxylic acids is 1. The SMILES string of the molecule is Cn1c(CSc2ccc(F)cc2)c(C(=O)O)c2cc(O)ccc21. The number of thioether (sulfide) groups is 1. The van der Waals surface area contributed by atoms with E-state index in [1.165, 1.54) is 36.0 Å². The van der Waals surface area contributed by atoms with Gasteiger partial charge in [-0.05, 0) is 42.5 Å². The number of benzene rings is 2. The van der Waals surface area contributed by atoms with Gasteiger partial charge in [0, 0.05) is 34.3 Å². The first-order valence-corrected chi connectivity index (χ1v) is 7.88. The van der Waals surface area contributed by atoms with Crippen molar-refractivity contribution in [2.45, 2.75) is 10.6 Å². The number of nitrogens with zero attached hydrogens (tertiary/aromatic N) is 1. The van der Waals surface area contributed by atoms with Crippen LogP contribution in [0.4, 0.5) is 4.39 Å². The van der Waals surface area contributed by atoms with Gasteiger partial charge in [-0.1, -0.05) is 0 Å². The Balaban J connectivity index is 2.02. The second-order valence-corrected chi connectivity index (χ2v) is 6.18. The Kier molecular flexibility index (Phi) is 4.00. The van der Waals surface area contributed by atoms with Gasteiger partial charge >= 0.3 is 5.97 Å². The van der Waals surface area contributed by atoms with Gasteiger partial charge in [0.2, 0.25) is 0 Å². The summed E-state index contributed by atoms with van der Waals surface area (Å²) in [5.41, 5.74) is 1.58. The minimum atomic E-state index is -1.03. The summed E-state index contributed by atoms with van der Waals surface area (Å²) in [5, 5.41) is 19.7. The minimum absolute atomic E-state index is 0.0309. The van der Waals surface area contributed by atoms with Crippen molar-refractivity contribution >= 4 is 28.6 Å². The summed E-state index contributed by atoms with van der Waals surface area (Å²) in [4.78, 5) is 12.5. The highest BCUT2D eigenvalue weighted by Gasteiger charge is 2.21. The summed E-state index contributed by atoms with van der Waals surface area (Å²) in [6.45, 7) is 0. The lowest BCUT2D eigenvalue weighted by atomic mass is 10.1. The number of aromatic nitrogens is 1. The number of aromatic hydroxyl groups is 1. The predicted molar refractivity (Wildman–Crippen MR) is 87.5 cm³/mol. The summed E-state index contributed by atoms with van der Waals surface area (Å²) in [6, 6.07) is 10.8. The molecule has 0 spiro atoms. The number of hydrogen-bond donors (Lipinski definition) is 2. The fourth-order valence-corrected chi connectivity index (χ4v) is 3.55. The molecule has 6 heteroatoms. The van der Waals surface area contributed by atoms with Gasteiger partial charge < -0.3 is 14.8 Å². The number of carboxylic acid groups (broad SMARTS) is 1. The summed E-state index contributed by atoms with van der Waals surface area (Å²) < 4.78 is 14.8. The maximum Gasteiger partial charge on any atom is 0.338 e. The first-order chi connectivity index (χ1) is 11.0. The molecule has 0 unspecified atom stereocenters. The van der Waals surface area contributed by atoms with Crippen LogP contribution in [-0.2, 0) is 12.8 Å². The van der Waals surface area contributed by atoms with Crippen LogP contribution in [0.3, 0.4) is 0 Å². The van der Waals surface area contributed by atoms with Gasteiger partial charge in [0.1, 0.15) is 11.6 Å². The van der Waals surface area contributed by atoms with Gasteiger partial charge in [0.05, 0.1) is 5.56 Å². The molecule has 2 aromatic carbocycles. The van der Waals surface area contributed by atoms with Crippen LogP contribution in [0.5, 0.6) is 5.75 Å². The smallest absolute Gasteiger partial charge is 0.338 e. The standard InChI is InChI=1S/C17H14FNO3S/c1-19-14-7-4-11(20)8-13(14)16(17(21)22)15(19)9-23-12-5-2-10(18)3-6-12/h2-8,20H,9H2,1H3,(H,21,22). The number of rotatable bonds is 4. The fourth-order valence-electron chi connectivity index (χ4n) is 2.58. The molecule has 0 aliphatic carbocycles. The molecule has 0 aliphatic heterocycles. The molecule has 0 atom stereocenters. The Hall–Kier alpha value is -2.47. The third-order valence-electron chi connectivity index (χ3n) is 3.71. The molecule has 0 saturated heterocycles. The van der Waals surface area contributed by atoms with Gasteiger partial charge in [-0.2, -0.15) is 0 Å². The zero-order valence-electron chi connectivity index (χ0n) is 12.3. The average Bonchev–Trinajstić information content (AvgIpc) is 2.78. The van der Waals surface area contributed by atoms with Gasteiger partial charge in [-0.3, -0.25) is 0 Å². The van der Waals surface area contributed by atoms with Crippen molar-refractivity contribution < 1.29 is 19.4 Å². The molecule has 2 N–H and O–H groups in total. The molecule has 0 bridgehead atoms. The average molecular weight is 331 g/mol. The molecule has 4 nitrogen and oxygen atoms in total. The van der Waals surface area contributed by atoms with E-state index in [-0.39, 0.29) is 17.1 Å². The Morgan fingerprint density at radius 1 is 1.22 bits per heavy atom. The monoisotopic (exact) mass is 331 g/mol. The Morgan fingerprint density at radius 3 is 2.57 bits per heavy atom. The highest BCUT2D eigenvalue weighted by atomic mass is 32.2. The molecule has 3 rings (SSSR count). The molecule has 23 heavy (non-hydrogen) atoms. The third-order valence-corrected chi connectivity index (χ3v) is 4.73. The van der Waals surface area contributed by atoms with E-state index in [2.05, 4.69) is 0 Å². The Labute approximate surface area is 136 Å². The van der Waals surface area contributed by atoms with E-state index in [0.29, 0.717) is 16.8 Å². The fraction of sp³-hybridized carbons (Fsp3) is 0.118. The van der Waals surface area contributed by atoms with Crippen molar-refractivity contribution in [2.24, 2.45) is 7.05 Å². The molecule has 1 heterocycles. The Bertz CT molecular complexity index is 887. The van der Waals surface area contributed by atoms with E-state index in [1.54, 1.807) is 25.2 Å². The van der Waals surface area contributed by atoms with E-state index in [1.807, 2.05) is 4.57 Å². The number of carbonyl (C=O) groups is 1. The molecule has 0 fully saturated rings. The van der Waals surface area contributed by atoms with E-state index in [0.717, 1.165) is 10.4 Å². The molecule has 0 aliphatic rings. The molecular formula is C17H14FNO3S. The van der Waals surface area contributed by atoms with E-state index < -0.39 is 5.97 Å². The molecule has 118 valence electrons. The quantitative estimate of drug-likeness (QED) is 0.709. The van der Waals surface area contributed by atoms with Crippen molar-refractivity contribution in [1.82, 2.24) is 4.57 Å². The van der Waals surface area contributed by atoms with Crippen LogP contribution in [0.15, 0.2) is 47.4 Å². The summed E-state index contributed by atoms with van der Waals surface area (Å²) in [5.74, 6) is -0.876. The first-order valence-electron chi connectivity index (χ1n) is 6.89. The van der Waals surface area contributed by atoms with Crippen molar-refractivity contribution in [1.29, 1.82) is 0 Å². The molecule has 3 aromatic rings. The lowest BCUT2D eigenvalue weighted by Crippen LogP contribution is -2.03. The molecule has 0 radical (unpaired) electrons. The van der Waals surface area contributed by atoms with E-state index in [9.17, 15) is 19.4 Å². The topological polar surface area (TPSA) is 62.5 Å². The molecule has 0 amide bonds. The minimum Gasteiger partial charge on any atom is -0.508 e. The lowest BCUT2D eigenvalue weighted by Gasteiger charge is -2.06. The maximum atomic E-state index is 12.9. The van der Waals surface area contributed by atoms with Crippen molar-refractivity contribution in [3.63, 3.8) is 0 Å². The third kappa shape index (κ3) is 2.90. The molecule has 1 aromatic heterocycles. The number of phenols is 1. The largest absolute Gasteiger partial charge is 0.508 e. The summed E-state index contributed by atoms with van der Waals surface area (Å²) in [6.07, 6.45) is 0. The number of halogens is 1. The van der Waals surface area contributed by atoms with E-state index in [4.69, 9.17) is 0 Å². The summed E-state index contributed by atoms with van der Waals surface area (Å²) in [7, 11) is 1.80. The van der Waals surface area contributed by atoms with Gasteiger partial charge in [-0.15, -0.1) is 11.8 Å². The highest BCUT2D eigenvalue weighted by Crippen LogP contribution is 2.32. The zero-order valence-corrected chi connectivity index (χ0v) is 13.1. The van der Waals surface area contributed by atoms with Gasteiger partial charge in [0.15, 0.2) is 0 Å². The van der Waals surface area contributed by atoms with Crippen LogP contribution in [0.1, 0.15) is 16.1 Å². The molecular weight excluding hydrogens is 317 g/mol. The summed E-state index contributed by atoms with van der Waals surface area (Å²) >= 11 is 1.43. The van der Waals surface area contributed by atoms with Gasteiger partial charge in [0.25, 0.3) is 0 Å². The number of hydrogen-bond acceptors (Lipinski definition) is 3. The number of aryl methyl sites for hydroxylation is 1. The van der Waals surface area contributed by atoms with Crippen molar-refractivity contribution in [3.8, 4) is 5.75 Å². The van der Waals surface area contributed by atoms with Crippen LogP contribution in [0.25, 0.3) is 10.9 Å². The second-order valence-electron chi connectivity index (χ2n) is 5.13. The van der Waals surface area contributed by atoms with Crippen LogP contribution in [0, 0.1) is 5.82 Å². The Morgan fingerprint density at radius 2 is 1.91 bits per heavy atom. The predicted octanol–water partition coefficient (Wildman–Crippen LogP) is 4.01. The zero-order chi connectivity index (χ0) is 16.6. The normalized spacial score (nSPS) is 11.0. The van der Waals surface area contributed by atoms with Crippen molar-refractivity contribution in [2.75, 3.05) is 0 Å². The molecule has 0 saturated carbocycles. The highest BCUT2D eigenvalue weighted by molar-refractivity contribution is 7.98. The van der Waals surface area contributed by atoms with Crippen LogP contribution < -0.4 is 0 Å². The van der Waals surface area contributed by atoms with Gasteiger partial charge in [-0.25, -0.2) is 9.18 Å². The lowest BCUT2D eigenvalue weighted by molar-refractivity contribution is 0.0698. The van der Waals surface area contributed by atoms with Crippen LogP contribution in [-0.4, -0.2) is 20.7 Å². The van der Waals surface area contributed by atoms with Crippen molar-refractivity contribution in [3.05, 3.63) is 59.5 Å². The van der Waals surface area contributed by atoms with Crippen LogP contribution in [0.2, 0.25) is 0 Å². The number of phenolic OH excluding ortho intramolecular Hbond substituents is 1.